The zero-order valence-corrected chi connectivity index (χ0v) is 16.8. The molecule has 27 heavy (non-hydrogen) atoms. The van der Waals surface area contributed by atoms with E-state index >= 15 is 0 Å². The lowest BCUT2D eigenvalue weighted by atomic mass is 9.89. The molecule has 1 aliphatic rings. The first kappa shape index (κ1) is 19.3. The van der Waals surface area contributed by atoms with E-state index in [9.17, 15) is 0 Å². The van der Waals surface area contributed by atoms with Crippen LogP contribution in [0.5, 0.6) is 17.2 Å². The third kappa shape index (κ3) is 4.45. The van der Waals surface area contributed by atoms with Crippen molar-refractivity contribution < 1.29 is 14.2 Å². The lowest BCUT2D eigenvalue weighted by Crippen LogP contribution is -2.40. The molecular weight excluding hydrogens is 360 g/mol. The number of anilines is 1. The lowest BCUT2D eigenvalue weighted by molar-refractivity contribution is 0.310. The molecule has 144 valence electrons. The second kappa shape index (κ2) is 8.95. The molecule has 1 aliphatic heterocycles. The fraction of sp³-hybridized carbons (Fsp3) is 0.381. The quantitative estimate of drug-likeness (QED) is 0.774. The number of likely N-dealkylation sites (tertiary alicyclic amines) is 1. The van der Waals surface area contributed by atoms with Gasteiger partial charge in [0.1, 0.15) is 17.2 Å². The zero-order chi connectivity index (χ0) is 19.2. The van der Waals surface area contributed by atoms with Gasteiger partial charge in [0.05, 0.1) is 27.0 Å². The third-order valence-electron chi connectivity index (χ3n) is 5.01. The third-order valence-corrected chi connectivity index (χ3v) is 5.37. The molecule has 2 aromatic rings. The molecule has 0 aliphatic carbocycles. The van der Waals surface area contributed by atoms with Crippen molar-refractivity contribution in [3.8, 4) is 17.2 Å². The maximum atomic E-state index is 5.64. The van der Waals surface area contributed by atoms with Crippen LogP contribution in [0.4, 0.5) is 5.69 Å². The molecule has 1 saturated heterocycles. The first-order valence-corrected chi connectivity index (χ1v) is 9.48. The number of hydrogen-bond donors (Lipinski definition) is 1. The molecule has 3 rings (SSSR count). The summed E-state index contributed by atoms with van der Waals surface area (Å²) in [6.07, 6.45) is 2.08. The van der Waals surface area contributed by atoms with E-state index in [1.165, 1.54) is 5.56 Å². The fourth-order valence-corrected chi connectivity index (χ4v) is 3.80. The van der Waals surface area contributed by atoms with Gasteiger partial charge in [-0.1, -0.05) is 18.2 Å². The Hall–Kier alpha value is -2.47. The van der Waals surface area contributed by atoms with Crippen LogP contribution in [0.15, 0.2) is 42.5 Å². The van der Waals surface area contributed by atoms with Gasteiger partial charge in [-0.25, -0.2) is 0 Å². The predicted molar refractivity (Wildman–Crippen MR) is 112 cm³/mol. The van der Waals surface area contributed by atoms with Crippen molar-refractivity contribution in [3.05, 3.63) is 48.0 Å². The molecule has 2 aromatic carbocycles. The smallest absolute Gasteiger partial charge is 0.173 e. The summed E-state index contributed by atoms with van der Waals surface area (Å²) >= 11 is 5.64. The van der Waals surface area contributed by atoms with Crippen molar-refractivity contribution in [2.24, 2.45) is 0 Å². The van der Waals surface area contributed by atoms with Crippen LogP contribution in [-0.4, -0.2) is 44.4 Å². The van der Waals surface area contributed by atoms with Crippen LogP contribution in [0.2, 0.25) is 0 Å². The molecule has 1 N–H and O–H groups in total. The summed E-state index contributed by atoms with van der Waals surface area (Å²) in [5.41, 5.74) is 2.10. The molecule has 0 aromatic heterocycles. The Bertz CT molecular complexity index is 789. The Kier molecular flexibility index (Phi) is 6.40. The molecule has 0 saturated carbocycles. The molecule has 6 heteroatoms. The number of methoxy groups -OCH3 is 3. The number of nitrogens with one attached hydrogen (secondary N) is 1. The van der Waals surface area contributed by atoms with Crippen molar-refractivity contribution in [1.29, 1.82) is 0 Å². The molecule has 1 heterocycles. The Morgan fingerprint density at radius 3 is 2.33 bits per heavy atom. The molecular formula is C21H26N2O3S. The highest BCUT2D eigenvalue weighted by Gasteiger charge is 2.24. The van der Waals surface area contributed by atoms with Gasteiger partial charge >= 0.3 is 0 Å². The van der Waals surface area contributed by atoms with Crippen molar-refractivity contribution in [1.82, 2.24) is 4.90 Å². The largest absolute Gasteiger partial charge is 0.497 e. The zero-order valence-electron chi connectivity index (χ0n) is 16.0. The number of piperidine rings is 1. The van der Waals surface area contributed by atoms with E-state index in [1.54, 1.807) is 21.3 Å². The number of benzene rings is 2. The number of thiocarbonyl (C=S) groups is 1. The van der Waals surface area contributed by atoms with Gasteiger partial charge in [0, 0.05) is 19.2 Å². The number of ether oxygens (including phenoxy) is 3. The van der Waals surface area contributed by atoms with Gasteiger partial charge in [0.25, 0.3) is 0 Å². The van der Waals surface area contributed by atoms with Gasteiger partial charge in [-0.3, -0.25) is 0 Å². The van der Waals surface area contributed by atoms with Crippen LogP contribution in [0.1, 0.15) is 24.3 Å². The Labute approximate surface area is 166 Å². The van der Waals surface area contributed by atoms with E-state index in [2.05, 4.69) is 22.3 Å². The number of nitrogens with zero attached hydrogens (tertiary/aromatic N) is 1. The van der Waals surface area contributed by atoms with Crippen LogP contribution in [0.25, 0.3) is 0 Å². The van der Waals surface area contributed by atoms with E-state index < -0.39 is 0 Å². The average Bonchev–Trinajstić information content (AvgIpc) is 2.73. The van der Waals surface area contributed by atoms with Crippen molar-refractivity contribution >= 4 is 23.0 Å². The van der Waals surface area contributed by atoms with Crippen LogP contribution >= 0.6 is 12.2 Å². The summed E-state index contributed by atoms with van der Waals surface area (Å²) in [6.45, 7) is 1.81. The molecule has 0 atom stereocenters. The molecule has 0 amide bonds. The second-order valence-corrected chi connectivity index (χ2v) is 6.89. The van der Waals surface area contributed by atoms with Crippen LogP contribution in [-0.2, 0) is 0 Å². The van der Waals surface area contributed by atoms with Crippen molar-refractivity contribution in [3.63, 3.8) is 0 Å². The number of rotatable bonds is 5. The van der Waals surface area contributed by atoms with Crippen LogP contribution in [0, 0.1) is 0 Å². The minimum Gasteiger partial charge on any atom is -0.497 e. The number of hydrogen-bond acceptors (Lipinski definition) is 4. The van der Waals surface area contributed by atoms with E-state index in [0.717, 1.165) is 48.9 Å². The van der Waals surface area contributed by atoms with Gasteiger partial charge in [0.2, 0.25) is 0 Å². The Balaban J connectivity index is 1.64. The summed E-state index contributed by atoms with van der Waals surface area (Å²) in [7, 11) is 5.02. The molecule has 0 radical (unpaired) electrons. The highest BCUT2D eigenvalue weighted by Crippen LogP contribution is 2.34. The first-order chi connectivity index (χ1) is 13.2. The lowest BCUT2D eigenvalue weighted by Gasteiger charge is -2.34. The topological polar surface area (TPSA) is 43.0 Å². The molecule has 0 bridgehead atoms. The minimum absolute atomic E-state index is 0.492. The first-order valence-electron chi connectivity index (χ1n) is 9.07. The SMILES string of the molecule is COc1ccc(OC)c(NC(=S)N2CCC(c3ccccc3OC)CC2)c1. The van der Waals surface area contributed by atoms with E-state index in [4.69, 9.17) is 26.4 Å². The second-order valence-electron chi connectivity index (χ2n) is 6.50. The van der Waals surface area contributed by atoms with Gasteiger partial charge in [0.15, 0.2) is 5.11 Å². The predicted octanol–water partition coefficient (Wildman–Crippen LogP) is 4.29. The van der Waals surface area contributed by atoms with E-state index in [1.807, 2.05) is 30.3 Å². The van der Waals surface area contributed by atoms with Crippen LogP contribution < -0.4 is 19.5 Å². The molecule has 1 fully saturated rings. The van der Waals surface area contributed by atoms with E-state index in [-0.39, 0.29) is 0 Å². The monoisotopic (exact) mass is 386 g/mol. The van der Waals surface area contributed by atoms with Crippen molar-refractivity contribution in [2.75, 3.05) is 39.7 Å². The highest BCUT2D eigenvalue weighted by atomic mass is 32.1. The summed E-state index contributed by atoms with van der Waals surface area (Å²) in [5, 5.41) is 4.02. The summed E-state index contributed by atoms with van der Waals surface area (Å²) in [6, 6.07) is 13.9. The van der Waals surface area contributed by atoms with Crippen LogP contribution in [0.3, 0.4) is 0 Å². The minimum atomic E-state index is 0.492. The molecule has 5 nitrogen and oxygen atoms in total. The average molecular weight is 387 g/mol. The summed E-state index contributed by atoms with van der Waals surface area (Å²) < 4.78 is 16.2. The van der Waals surface area contributed by atoms with E-state index in [0.29, 0.717) is 11.0 Å². The maximum absolute atomic E-state index is 5.64. The normalized spacial score (nSPS) is 14.6. The van der Waals surface area contributed by atoms with Gasteiger partial charge in [-0.2, -0.15) is 0 Å². The number of para-hydroxylation sites is 1. The van der Waals surface area contributed by atoms with Crippen molar-refractivity contribution in [2.45, 2.75) is 18.8 Å². The molecule has 0 unspecified atom stereocenters. The summed E-state index contributed by atoms with van der Waals surface area (Å²) in [5.74, 6) is 2.96. The standard InChI is InChI=1S/C21H26N2O3S/c1-24-16-8-9-20(26-3)18(14-16)22-21(27)23-12-10-15(11-13-23)17-6-4-5-7-19(17)25-2/h4-9,14-15H,10-13H2,1-3H3,(H,22,27). The summed E-state index contributed by atoms with van der Waals surface area (Å²) in [4.78, 5) is 2.21. The van der Waals surface area contributed by atoms with Gasteiger partial charge in [-0.15, -0.1) is 0 Å². The van der Waals surface area contributed by atoms with Gasteiger partial charge in [-0.05, 0) is 54.7 Å². The molecule has 0 spiro atoms. The maximum Gasteiger partial charge on any atom is 0.173 e. The highest BCUT2D eigenvalue weighted by molar-refractivity contribution is 7.80. The Morgan fingerprint density at radius 1 is 0.963 bits per heavy atom. The Morgan fingerprint density at radius 2 is 1.67 bits per heavy atom. The van der Waals surface area contributed by atoms with Gasteiger partial charge < -0.3 is 24.4 Å². The fourth-order valence-electron chi connectivity index (χ4n) is 3.50.